The minimum atomic E-state index is -5.34. The van der Waals surface area contributed by atoms with Crippen LogP contribution in [0.3, 0.4) is 0 Å². The number of hydrogen-bond acceptors (Lipinski definition) is 12. The van der Waals surface area contributed by atoms with E-state index in [0.29, 0.717) is 0 Å². The second kappa shape index (κ2) is 10.4. The summed E-state index contributed by atoms with van der Waals surface area (Å²) in [5.41, 5.74) is -1.18. The smallest absolute Gasteiger partial charge is 0.390 e. The molecule has 9 unspecified atom stereocenters. The number of aromatic amines is 1. The summed E-state index contributed by atoms with van der Waals surface area (Å²) in [5, 5.41) is 29.7. The first-order valence-electron chi connectivity index (χ1n) is 10.0. The lowest BCUT2D eigenvalue weighted by atomic mass is 10.0. The Kier molecular flexibility index (Phi) is 8.35. The molecule has 18 heteroatoms. The number of nitrogens with one attached hydrogen (secondary N) is 1. The highest BCUT2D eigenvalue weighted by Crippen LogP contribution is 2.61. The van der Waals surface area contributed by atoms with Crippen molar-refractivity contribution in [1.29, 1.82) is 0 Å². The molecule has 9 atom stereocenters. The van der Waals surface area contributed by atoms with Crippen LogP contribution >= 0.6 is 15.6 Å². The molecular weight excluding hydrogens is 506 g/mol. The fourth-order valence-corrected chi connectivity index (χ4v) is 5.58. The van der Waals surface area contributed by atoms with Crippen molar-refractivity contribution in [3.63, 3.8) is 0 Å². The number of aryl methyl sites for hydroxylation is 1. The Morgan fingerprint density at radius 3 is 2.47 bits per heavy atom. The first-order chi connectivity index (χ1) is 15.7. The predicted octanol–water partition coefficient (Wildman–Crippen LogP) is -1.40. The van der Waals surface area contributed by atoms with E-state index >= 15 is 0 Å². The number of aliphatic hydroxyl groups excluding tert-OH is 3. The van der Waals surface area contributed by atoms with Crippen molar-refractivity contribution in [2.24, 2.45) is 0 Å². The van der Waals surface area contributed by atoms with Crippen molar-refractivity contribution in [2.75, 3.05) is 6.61 Å². The fourth-order valence-electron chi connectivity index (χ4n) is 3.42. The largest absolute Gasteiger partial charge is 0.483 e. The number of H-pyrrole nitrogens is 1. The average Bonchev–Trinajstić information content (AvgIpc) is 3.06. The summed E-state index contributed by atoms with van der Waals surface area (Å²) >= 11 is 0. The monoisotopic (exact) mass is 532 g/mol. The Hall–Kier alpha value is -1.26. The summed E-state index contributed by atoms with van der Waals surface area (Å²) in [7, 11) is -10.6. The Balaban J connectivity index is 1.58. The molecule has 2 saturated heterocycles. The minimum absolute atomic E-state index is 0.0225. The van der Waals surface area contributed by atoms with Crippen molar-refractivity contribution in [3.05, 3.63) is 32.6 Å². The van der Waals surface area contributed by atoms with E-state index in [1.165, 1.54) is 20.0 Å². The lowest BCUT2D eigenvalue weighted by molar-refractivity contribution is -0.235. The molecule has 6 N–H and O–H groups in total. The highest BCUT2D eigenvalue weighted by atomic mass is 31.3. The molecule has 2 fully saturated rings. The average molecular weight is 532 g/mol. The minimum Gasteiger partial charge on any atom is -0.390 e. The van der Waals surface area contributed by atoms with Gasteiger partial charge in [-0.3, -0.25) is 23.4 Å². The molecular formula is C16H26N2O14P2. The maximum absolute atomic E-state index is 12.1. The number of rotatable bonds is 8. The van der Waals surface area contributed by atoms with Gasteiger partial charge >= 0.3 is 21.3 Å². The molecule has 0 bridgehead atoms. The number of nitrogens with zero attached hydrogens (tertiary/aromatic N) is 1. The third-order valence-electron chi connectivity index (χ3n) is 5.12. The Morgan fingerprint density at radius 2 is 1.79 bits per heavy atom. The summed E-state index contributed by atoms with van der Waals surface area (Å²) in [6, 6.07) is 0. The van der Waals surface area contributed by atoms with Crippen LogP contribution in [-0.2, 0) is 32.0 Å². The predicted molar refractivity (Wildman–Crippen MR) is 109 cm³/mol. The van der Waals surface area contributed by atoms with Crippen LogP contribution in [0.1, 0.15) is 31.6 Å². The zero-order valence-electron chi connectivity index (χ0n) is 18.0. The number of ether oxygens (including phenoxy) is 2. The molecule has 3 heterocycles. The fraction of sp³-hybridized carbons (Fsp3) is 0.750. The van der Waals surface area contributed by atoms with Crippen LogP contribution in [0.2, 0.25) is 0 Å². The van der Waals surface area contributed by atoms with E-state index in [-0.39, 0.29) is 18.4 Å². The quantitative estimate of drug-likeness (QED) is 0.211. The molecule has 16 nitrogen and oxygen atoms in total. The topological polar surface area (TPSA) is 236 Å². The van der Waals surface area contributed by atoms with E-state index in [9.17, 15) is 43.8 Å². The summed E-state index contributed by atoms with van der Waals surface area (Å²) < 4.78 is 49.2. The van der Waals surface area contributed by atoms with Crippen LogP contribution in [0.4, 0.5) is 0 Å². The van der Waals surface area contributed by atoms with E-state index in [0.717, 1.165) is 4.57 Å². The molecule has 0 amide bonds. The molecule has 3 rings (SSSR count). The van der Waals surface area contributed by atoms with Crippen LogP contribution in [0, 0.1) is 6.92 Å². The maximum atomic E-state index is 12.1. The van der Waals surface area contributed by atoms with Crippen LogP contribution in [-0.4, -0.2) is 78.1 Å². The summed E-state index contributed by atoms with van der Waals surface area (Å²) in [6.45, 7) is 2.16. The van der Waals surface area contributed by atoms with Crippen LogP contribution in [0.15, 0.2) is 15.8 Å². The molecule has 2 aliphatic heterocycles. The molecule has 0 saturated carbocycles. The van der Waals surface area contributed by atoms with Gasteiger partial charge in [-0.15, -0.1) is 0 Å². The number of aliphatic hydroxyl groups is 3. The van der Waals surface area contributed by atoms with E-state index in [2.05, 4.69) is 18.3 Å². The number of aromatic nitrogens is 2. The Labute approximate surface area is 191 Å². The summed E-state index contributed by atoms with van der Waals surface area (Å²) in [6.07, 6.45) is -7.97. The third kappa shape index (κ3) is 6.69. The molecule has 1 aromatic heterocycles. The van der Waals surface area contributed by atoms with Crippen molar-refractivity contribution in [1.82, 2.24) is 9.55 Å². The maximum Gasteiger partial charge on any atom is 0.483 e. The van der Waals surface area contributed by atoms with Crippen LogP contribution in [0.25, 0.3) is 0 Å². The van der Waals surface area contributed by atoms with Crippen molar-refractivity contribution >= 4 is 15.6 Å². The molecule has 0 aromatic carbocycles. The van der Waals surface area contributed by atoms with Gasteiger partial charge < -0.3 is 34.6 Å². The number of phosphoric ester groups is 2. The van der Waals surface area contributed by atoms with E-state index in [1.807, 2.05) is 0 Å². The van der Waals surface area contributed by atoms with Gasteiger partial charge in [0.05, 0.1) is 24.9 Å². The van der Waals surface area contributed by atoms with Gasteiger partial charge in [0, 0.05) is 24.6 Å². The van der Waals surface area contributed by atoms with Crippen LogP contribution < -0.4 is 11.2 Å². The molecule has 2 aliphatic rings. The van der Waals surface area contributed by atoms with Crippen molar-refractivity contribution in [3.8, 4) is 0 Å². The third-order valence-corrected chi connectivity index (χ3v) is 7.72. The molecule has 1 aromatic rings. The molecule has 0 aliphatic carbocycles. The second-order valence-electron chi connectivity index (χ2n) is 7.94. The second-order valence-corrected chi connectivity index (χ2v) is 10.9. The summed E-state index contributed by atoms with van der Waals surface area (Å²) in [4.78, 5) is 45.2. The van der Waals surface area contributed by atoms with Crippen molar-refractivity contribution in [2.45, 2.75) is 69.7 Å². The lowest BCUT2D eigenvalue weighted by Crippen LogP contribution is -2.48. The molecule has 34 heavy (non-hydrogen) atoms. The highest BCUT2D eigenvalue weighted by molar-refractivity contribution is 7.61. The lowest BCUT2D eigenvalue weighted by Gasteiger charge is -2.35. The molecule has 0 radical (unpaired) electrons. The van der Waals surface area contributed by atoms with E-state index in [1.54, 1.807) is 0 Å². The van der Waals surface area contributed by atoms with E-state index in [4.69, 9.17) is 9.47 Å². The first kappa shape index (κ1) is 27.3. The highest BCUT2D eigenvalue weighted by Gasteiger charge is 2.45. The van der Waals surface area contributed by atoms with Gasteiger partial charge in [-0.05, 0) is 13.8 Å². The van der Waals surface area contributed by atoms with Gasteiger partial charge in [0.25, 0.3) is 5.56 Å². The number of hydrogen-bond donors (Lipinski definition) is 6. The zero-order chi connectivity index (χ0) is 25.4. The van der Waals surface area contributed by atoms with Gasteiger partial charge in [-0.1, -0.05) is 0 Å². The number of phosphoric acid groups is 2. The summed E-state index contributed by atoms with van der Waals surface area (Å²) in [5.74, 6) is 0. The van der Waals surface area contributed by atoms with E-state index < -0.39 is 76.5 Å². The Bertz CT molecular complexity index is 1090. The zero-order valence-corrected chi connectivity index (χ0v) is 19.8. The molecule has 0 spiro atoms. The van der Waals surface area contributed by atoms with Gasteiger partial charge in [-0.25, -0.2) is 13.9 Å². The van der Waals surface area contributed by atoms with Gasteiger partial charge in [0.2, 0.25) is 0 Å². The Morgan fingerprint density at radius 1 is 1.12 bits per heavy atom. The van der Waals surface area contributed by atoms with Crippen LogP contribution in [0.5, 0.6) is 0 Å². The van der Waals surface area contributed by atoms with Gasteiger partial charge in [0.1, 0.15) is 18.4 Å². The molecule has 194 valence electrons. The van der Waals surface area contributed by atoms with Crippen molar-refractivity contribution < 1.29 is 57.1 Å². The van der Waals surface area contributed by atoms with Gasteiger partial charge in [0.15, 0.2) is 6.29 Å². The standard InChI is InChI=1S/C16H26N2O14P2/c1-7-5-18(16(23)17-14(7)22)12-4-9(19)11(30-12)6-28-33(24,25)32-34(26,27)31-15-13(21)10(20)3-8(2)29-15/h5,8-13,15,19-21H,3-4,6H2,1-2H3,(H,24,25)(H,26,27)(H,17,22,23). The first-order valence-corrected chi connectivity index (χ1v) is 13.0. The normalized spacial score (nSPS) is 35.6. The van der Waals surface area contributed by atoms with Gasteiger partial charge in [-0.2, -0.15) is 4.31 Å². The SMILES string of the molecule is Cc1cn(C2CC(O)C(COP(=O)(O)OP(=O)(O)OC3OC(C)CC(O)C3O)O2)c(=O)[nH]c1=O.